The molecule has 0 atom stereocenters. The van der Waals surface area contributed by atoms with Gasteiger partial charge in [-0.05, 0) is 65.0 Å². The Morgan fingerprint density at radius 2 is 0.941 bits per heavy atom. The van der Waals surface area contributed by atoms with Gasteiger partial charge in [-0.3, -0.25) is 0 Å². The fourth-order valence-corrected chi connectivity index (χ4v) is 1.54. The van der Waals surface area contributed by atoms with E-state index in [0.29, 0.717) is 0 Å². The average Bonchev–Trinajstić information content (AvgIpc) is 2.35. The van der Waals surface area contributed by atoms with Crippen LogP contribution < -0.4 is 27.4 Å². The minimum Gasteiger partial charge on any atom is -0.330 e. The van der Waals surface area contributed by atoms with Crippen LogP contribution in [-0.4, -0.2) is 52.4 Å². The summed E-state index contributed by atoms with van der Waals surface area (Å²) in [7, 11) is 0. The van der Waals surface area contributed by atoms with Crippen LogP contribution in [0, 0.1) is 0 Å². The van der Waals surface area contributed by atoms with Crippen LogP contribution in [0.3, 0.4) is 0 Å². The normalized spacial score (nSPS) is 10.9. The van der Waals surface area contributed by atoms with Crippen molar-refractivity contribution >= 4 is 0 Å². The second kappa shape index (κ2) is 15.8. The largest absolute Gasteiger partial charge is 0.330 e. The van der Waals surface area contributed by atoms with E-state index >= 15 is 0 Å². The molecular formula is C12H31N5. The summed E-state index contributed by atoms with van der Waals surface area (Å²) >= 11 is 0. The summed E-state index contributed by atoms with van der Waals surface area (Å²) in [5, 5.41) is 10.1. The molecule has 5 nitrogen and oxygen atoms in total. The Hall–Kier alpha value is -0.200. The smallest absolute Gasteiger partial charge is 0.00745 e. The van der Waals surface area contributed by atoms with Crippen molar-refractivity contribution in [2.24, 2.45) is 11.5 Å². The summed E-state index contributed by atoms with van der Waals surface area (Å²) in [6, 6.07) is 0. The van der Waals surface area contributed by atoms with Crippen LogP contribution >= 0.6 is 0 Å². The summed E-state index contributed by atoms with van der Waals surface area (Å²) in [5.74, 6) is 0. The molecule has 0 aliphatic heterocycles. The van der Waals surface area contributed by atoms with Gasteiger partial charge in [-0.15, -0.1) is 0 Å². The van der Waals surface area contributed by atoms with Crippen molar-refractivity contribution in [1.29, 1.82) is 0 Å². The third kappa shape index (κ3) is 15.8. The maximum Gasteiger partial charge on any atom is 0.00745 e. The molecule has 0 saturated heterocycles. The number of nitrogens with one attached hydrogen (secondary N) is 3. The van der Waals surface area contributed by atoms with E-state index in [0.717, 1.165) is 58.8 Å². The second-order valence-corrected chi connectivity index (χ2v) is 4.24. The third-order valence-corrected chi connectivity index (χ3v) is 2.54. The predicted octanol–water partition coefficient (Wildman–Crippen LogP) is -0.767. The molecule has 0 heterocycles. The van der Waals surface area contributed by atoms with Gasteiger partial charge in [0.1, 0.15) is 0 Å². The highest BCUT2D eigenvalue weighted by atomic mass is 14.9. The molecule has 104 valence electrons. The molecule has 0 fully saturated rings. The quantitative estimate of drug-likeness (QED) is 0.260. The molecule has 0 radical (unpaired) electrons. The topological polar surface area (TPSA) is 88.1 Å². The lowest BCUT2D eigenvalue weighted by molar-refractivity contribution is 0.557. The Bertz CT molecular complexity index is 118. The molecule has 0 aromatic carbocycles. The summed E-state index contributed by atoms with van der Waals surface area (Å²) in [5.41, 5.74) is 10.8. The number of hydrogen-bond donors (Lipinski definition) is 5. The van der Waals surface area contributed by atoms with Crippen LogP contribution in [0.15, 0.2) is 0 Å². The number of hydrogen-bond acceptors (Lipinski definition) is 5. The zero-order chi connectivity index (χ0) is 12.6. The van der Waals surface area contributed by atoms with Crippen molar-refractivity contribution < 1.29 is 0 Å². The van der Waals surface area contributed by atoms with Gasteiger partial charge >= 0.3 is 0 Å². The number of unbranched alkanes of at least 4 members (excludes halogenated alkanes) is 1. The molecule has 7 N–H and O–H groups in total. The molecular weight excluding hydrogens is 214 g/mol. The standard InChI is InChI=1S/C12H31N5/c13-5-3-9-15-7-1-2-8-16-10-4-11-17-12-6-14/h15-17H,1-14H2. The Kier molecular flexibility index (Phi) is 15.6. The molecule has 0 aromatic rings. The van der Waals surface area contributed by atoms with E-state index in [1.54, 1.807) is 0 Å². The lowest BCUT2D eigenvalue weighted by Gasteiger charge is -2.06. The fraction of sp³-hybridized carbons (Fsp3) is 1.00. The van der Waals surface area contributed by atoms with Gasteiger partial charge < -0.3 is 27.4 Å². The van der Waals surface area contributed by atoms with E-state index in [1.165, 1.54) is 19.3 Å². The van der Waals surface area contributed by atoms with Gasteiger partial charge in [-0.25, -0.2) is 0 Å². The molecule has 0 unspecified atom stereocenters. The van der Waals surface area contributed by atoms with Crippen LogP contribution in [0.25, 0.3) is 0 Å². The second-order valence-electron chi connectivity index (χ2n) is 4.24. The minimum atomic E-state index is 0.727. The van der Waals surface area contributed by atoms with Crippen molar-refractivity contribution in [3.8, 4) is 0 Å². The van der Waals surface area contributed by atoms with E-state index in [2.05, 4.69) is 16.0 Å². The number of rotatable bonds is 14. The predicted molar refractivity (Wildman–Crippen MR) is 75.2 cm³/mol. The molecule has 17 heavy (non-hydrogen) atoms. The minimum absolute atomic E-state index is 0.727. The molecule has 0 spiro atoms. The molecule has 0 bridgehead atoms. The van der Waals surface area contributed by atoms with Gasteiger partial charge in [0.05, 0.1) is 0 Å². The van der Waals surface area contributed by atoms with Gasteiger partial charge in [0.15, 0.2) is 0 Å². The summed E-state index contributed by atoms with van der Waals surface area (Å²) in [6.07, 6.45) is 4.73. The zero-order valence-electron chi connectivity index (χ0n) is 11.1. The van der Waals surface area contributed by atoms with Gasteiger partial charge in [0.2, 0.25) is 0 Å². The first-order chi connectivity index (χ1) is 8.41. The summed E-state index contributed by atoms with van der Waals surface area (Å²) in [4.78, 5) is 0. The van der Waals surface area contributed by atoms with Crippen LogP contribution in [-0.2, 0) is 0 Å². The van der Waals surface area contributed by atoms with Crippen molar-refractivity contribution in [1.82, 2.24) is 16.0 Å². The van der Waals surface area contributed by atoms with Gasteiger partial charge in [-0.2, -0.15) is 0 Å². The summed E-state index contributed by atoms with van der Waals surface area (Å²) < 4.78 is 0. The average molecular weight is 245 g/mol. The lowest BCUT2D eigenvalue weighted by Crippen LogP contribution is -2.27. The zero-order valence-corrected chi connectivity index (χ0v) is 11.1. The van der Waals surface area contributed by atoms with Crippen molar-refractivity contribution in [3.05, 3.63) is 0 Å². The van der Waals surface area contributed by atoms with Crippen molar-refractivity contribution in [2.45, 2.75) is 25.7 Å². The van der Waals surface area contributed by atoms with Crippen molar-refractivity contribution in [3.63, 3.8) is 0 Å². The van der Waals surface area contributed by atoms with E-state index in [9.17, 15) is 0 Å². The molecule has 0 rings (SSSR count). The molecule has 5 heteroatoms. The third-order valence-electron chi connectivity index (χ3n) is 2.54. The first kappa shape index (κ1) is 16.8. The van der Waals surface area contributed by atoms with Crippen LogP contribution in [0.4, 0.5) is 0 Å². The molecule has 0 saturated carbocycles. The number of nitrogens with two attached hydrogens (primary N) is 2. The molecule has 0 aliphatic rings. The van der Waals surface area contributed by atoms with E-state index in [1.807, 2.05) is 0 Å². The first-order valence-electron chi connectivity index (χ1n) is 6.94. The maximum absolute atomic E-state index is 5.41. The highest BCUT2D eigenvalue weighted by Gasteiger charge is 1.90. The fourth-order valence-electron chi connectivity index (χ4n) is 1.54. The van der Waals surface area contributed by atoms with Crippen LogP contribution in [0.1, 0.15) is 25.7 Å². The highest BCUT2D eigenvalue weighted by Crippen LogP contribution is 1.85. The van der Waals surface area contributed by atoms with Gasteiger partial charge in [0.25, 0.3) is 0 Å². The Morgan fingerprint density at radius 1 is 0.471 bits per heavy atom. The van der Waals surface area contributed by atoms with E-state index in [-0.39, 0.29) is 0 Å². The first-order valence-corrected chi connectivity index (χ1v) is 6.94. The van der Waals surface area contributed by atoms with E-state index in [4.69, 9.17) is 11.5 Å². The van der Waals surface area contributed by atoms with Crippen LogP contribution in [0.2, 0.25) is 0 Å². The SMILES string of the molecule is NCCCNCCCCNCCCNCCN. The molecule has 0 aromatic heterocycles. The van der Waals surface area contributed by atoms with Gasteiger partial charge in [-0.1, -0.05) is 0 Å². The highest BCUT2D eigenvalue weighted by molar-refractivity contribution is 4.54. The van der Waals surface area contributed by atoms with Gasteiger partial charge in [0, 0.05) is 13.1 Å². The molecule has 0 amide bonds. The Morgan fingerprint density at radius 3 is 1.47 bits per heavy atom. The van der Waals surface area contributed by atoms with E-state index < -0.39 is 0 Å². The molecule has 0 aliphatic carbocycles. The lowest BCUT2D eigenvalue weighted by atomic mass is 10.3. The van der Waals surface area contributed by atoms with Crippen LogP contribution in [0.5, 0.6) is 0 Å². The Balaban J connectivity index is 2.85. The Labute approximate surface area is 106 Å². The maximum atomic E-state index is 5.41. The monoisotopic (exact) mass is 245 g/mol. The summed E-state index contributed by atoms with van der Waals surface area (Å²) in [6.45, 7) is 7.88. The van der Waals surface area contributed by atoms with Crippen molar-refractivity contribution in [2.75, 3.05) is 52.4 Å².